The zero-order valence-electron chi connectivity index (χ0n) is 12.7. The Bertz CT molecular complexity index is 699. The summed E-state index contributed by atoms with van der Waals surface area (Å²) < 4.78 is 1.03. The van der Waals surface area contributed by atoms with E-state index in [9.17, 15) is 9.59 Å². The van der Waals surface area contributed by atoms with Gasteiger partial charge in [-0.2, -0.15) is 0 Å². The average molecular weight is 392 g/mol. The number of carbonyl (C=O) groups is 2. The second-order valence-electron chi connectivity index (χ2n) is 5.70. The van der Waals surface area contributed by atoms with Crippen LogP contribution in [0.2, 0.25) is 0 Å². The van der Waals surface area contributed by atoms with Crippen molar-refractivity contribution < 1.29 is 9.59 Å². The number of benzene rings is 1. The lowest BCUT2D eigenvalue weighted by atomic mass is 10.0. The van der Waals surface area contributed by atoms with Gasteiger partial charge in [0.1, 0.15) is 0 Å². The van der Waals surface area contributed by atoms with E-state index in [4.69, 9.17) is 0 Å². The Balaban J connectivity index is 1.63. The molecule has 1 aliphatic heterocycles. The summed E-state index contributed by atoms with van der Waals surface area (Å²) in [5.41, 5.74) is 1.16. The van der Waals surface area contributed by atoms with E-state index in [1.54, 1.807) is 0 Å². The number of rotatable bonds is 5. The van der Waals surface area contributed by atoms with Gasteiger partial charge in [0, 0.05) is 23.9 Å². The van der Waals surface area contributed by atoms with Crippen molar-refractivity contribution in [1.82, 2.24) is 4.90 Å². The summed E-state index contributed by atoms with van der Waals surface area (Å²) in [4.78, 5) is 27.3. The number of hydrogen-bond acceptors (Lipinski definition) is 3. The summed E-state index contributed by atoms with van der Waals surface area (Å²) in [5.74, 6) is 0.143. The Morgan fingerprint density at radius 2 is 2.09 bits per heavy atom. The highest BCUT2D eigenvalue weighted by molar-refractivity contribution is 9.10. The van der Waals surface area contributed by atoms with Gasteiger partial charge < -0.3 is 4.90 Å². The third kappa shape index (κ3) is 3.90. The van der Waals surface area contributed by atoms with Crippen LogP contribution in [-0.4, -0.2) is 23.1 Å². The molecule has 0 unspecified atom stereocenters. The maximum atomic E-state index is 12.6. The van der Waals surface area contributed by atoms with Crippen LogP contribution >= 0.6 is 27.3 Å². The minimum absolute atomic E-state index is 0.0616. The highest BCUT2D eigenvalue weighted by Crippen LogP contribution is 2.33. The van der Waals surface area contributed by atoms with Crippen LogP contribution in [0, 0.1) is 0 Å². The summed E-state index contributed by atoms with van der Waals surface area (Å²) >= 11 is 4.93. The lowest BCUT2D eigenvalue weighted by Gasteiger charge is -2.25. The van der Waals surface area contributed by atoms with Crippen molar-refractivity contribution in [3.63, 3.8) is 0 Å². The van der Waals surface area contributed by atoms with Gasteiger partial charge in [-0.05, 0) is 42.0 Å². The summed E-state index contributed by atoms with van der Waals surface area (Å²) in [5, 5.41) is 1.89. The lowest BCUT2D eigenvalue weighted by molar-refractivity contribution is -0.132. The molecule has 0 N–H and O–H groups in total. The molecule has 1 amide bonds. The van der Waals surface area contributed by atoms with Gasteiger partial charge in [0.05, 0.1) is 10.9 Å². The van der Waals surface area contributed by atoms with Gasteiger partial charge >= 0.3 is 0 Å². The molecule has 0 bridgehead atoms. The highest BCUT2D eigenvalue weighted by Gasteiger charge is 2.30. The molecule has 0 aliphatic carbocycles. The first-order valence-corrected chi connectivity index (χ1v) is 9.44. The van der Waals surface area contributed by atoms with Crippen molar-refractivity contribution in [3.05, 3.63) is 56.7 Å². The minimum atomic E-state index is 0.0616. The van der Waals surface area contributed by atoms with E-state index < -0.39 is 0 Å². The molecule has 1 aromatic carbocycles. The SMILES string of the molecule is O=C(CCC(=O)N1CCC[C@H]1c1cccc(Br)c1)c1cccs1. The van der Waals surface area contributed by atoms with Crippen molar-refractivity contribution >= 4 is 39.0 Å². The predicted octanol–water partition coefficient (Wildman–Crippen LogP) is 4.84. The topological polar surface area (TPSA) is 37.4 Å². The monoisotopic (exact) mass is 391 g/mol. The second-order valence-corrected chi connectivity index (χ2v) is 7.56. The number of likely N-dealkylation sites (tertiary alicyclic amines) is 1. The van der Waals surface area contributed by atoms with Crippen molar-refractivity contribution in [2.75, 3.05) is 6.54 Å². The van der Waals surface area contributed by atoms with Crippen LogP contribution in [0.3, 0.4) is 0 Å². The Kier molecular flexibility index (Phi) is 5.28. The standard InChI is InChI=1S/C18H18BrNO2S/c19-14-5-1-4-13(12-14)15-6-2-10-20(15)18(22)9-8-16(21)17-7-3-11-23-17/h1,3-5,7,11-12,15H,2,6,8-10H2/t15-/m0/s1. The smallest absolute Gasteiger partial charge is 0.223 e. The molecule has 1 fully saturated rings. The molecular formula is C18H18BrNO2S. The number of thiophene rings is 1. The molecule has 1 saturated heterocycles. The number of Topliss-reactive ketones (excluding diaryl/α,β-unsaturated/α-hetero) is 1. The van der Waals surface area contributed by atoms with E-state index in [0.29, 0.717) is 12.8 Å². The fourth-order valence-electron chi connectivity index (χ4n) is 3.05. The maximum Gasteiger partial charge on any atom is 0.223 e. The highest BCUT2D eigenvalue weighted by atomic mass is 79.9. The molecule has 0 radical (unpaired) electrons. The molecule has 3 rings (SSSR count). The largest absolute Gasteiger partial charge is 0.336 e. The van der Waals surface area contributed by atoms with Crippen molar-refractivity contribution in [2.24, 2.45) is 0 Å². The Labute approximate surface area is 148 Å². The molecule has 120 valence electrons. The van der Waals surface area contributed by atoms with E-state index in [-0.39, 0.29) is 17.7 Å². The van der Waals surface area contributed by atoms with E-state index in [0.717, 1.165) is 34.3 Å². The maximum absolute atomic E-state index is 12.6. The first kappa shape index (κ1) is 16.4. The number of ketones is 1. The minimum Gasteiger partial charge on any atom is -0.336 e. The van der Waals surface area contributed by atoms with E-state index >= 15 is 0 Å². The molecule has 3 nitrogen and oxygen atoms in total. The van der Waals surface area contributed by atoms with Crippen LogP contribution in [0.5, 0.6) is 0 Å². The van der Waals surface area contributed by atoms with Gasteiger partial charge in [0.25, 0.3) is 0 Å². The fraction of sp³-hybridized carbons (Fsp3) is 0.333. The first-order chi connectivity index (χ1) is 11.1. The normalized spacial score (nSPS) is 17.4. The molecule has 1 aliphatic rings. The van der Waals surface area contributed by atoms with E-state index in [1.165, 1.54) is 11.3 Å². The Hall–Kier alpha value is -1.46. The molecule has 23 heavy (non-hydrogen) atoms. The van der Waals surface area contributed by atoms with Crippen LogP contribution in [0.1, 0.15) is 47.0 Å². The van der Waals surface area contributed by atoms with Gasteiger partial charge in [-0.1, -0.05) is 34.1 Å². The predicted molar refractivity (Wildman–Crippen MR) is 95.7 cm³/mol. The summed E-state index contributed by atoms with van der Waals surface area (Å²) in [6, 6.07) is 12.0. The Morgan fingerprint density at radius 3 is 2.83 bits per heavy atom. The van der Waals surface area contributed by atoms with Crippen LogP contribution in [0.15, 0.2) is 46.3 Å². The van der Waals surface area contributed by atoms with Gasteiger partial charge in [0.15, 0.2) is 5.78 Å². The number of halogens is 1. The number of amides is 1. The van der Waals surface area contributed by atoms with Crippen LogP contribution < -0.4 is 0 Å². The lowest BCUT2D eigenvalue weighted by Crippen LogP contribution is -2.30. The van der Waals surface area contributed by atoms with Gasteiger partial charge in [0.2, 0.25) is 5.91 Å². The Morgan fingerprint density at radius 1 is 1.22 bits per heavy atom. The molecule has 5 heteroatoms. The number of nitrogens with zero attached hydrogens (tertiary/aromatic N) is 1. The molecule has 1 atom stereocenters. The molecule has 2 aromatic rings. The zero-order chi connectivity index (χ0) is 16.2. The van der Waals surface area contributed by atoms with E-state index in [1.807, 2.05) is 34.5 Å². The van der Waals surface area contributed by atoms with Crippen LogP contribution in [0.25, 0.3) is 0 Å². The quantitative estimate of drug-likeness (QED) is 0.683. The van der Waals surface area contributed by atoms with Crippen molar-refractivity contribution in [2.45, 2.75) is 31.7 Å². The average Bonchev–Trinajstić information content (AvgIpc) is 3.23. The van der Waals surface area contributed by atoms with Crippen molar-refractivity contribution in [3.8, 4) is 0 Å². The first-order valence-electron chi connectivity index (χ1n) is 7.77. The molecular weight excluding hydrogens is 374 g/mol. The second kappa shape index (κ2) is 7.41. The third-order valence-corrected chi connectivity index (χ3v) is 5.57. The zero-order valence-corrected chi connectivity index (χ0v) is 15.1. The fourth-order valence-corrected chi connectivity index (χ4v) is 4.16. The van der Waals surface area contributed by atoms with Gasteiger partial charge in [-0.25, -0.2) is 0 Å². The third-order valence-electron chi connectivity index (χ3n) is 4.17. The summed E-state index contributed by atoms with van der Waals surface area (Å²) in [7, 11) is 0. The van der Waals surface area contributed by atoms with Gasteiger partial charge in [-0.3, -0.25) is 9.59 Å². The molecule has 1 aromatic heterocycles. The molecule has 0 saturated carbocycles. The van der Waals surface area contributed by atoms with Crippen LogP contribution in [-0.2, 0) is 4.79 Å². The van der Waals surface area contributed by atoms with Crippen molar-refractivity contribution in [1.29, 1.82) is 0 Å². The van der Waals surface area contributed by atoms with Crippen LogP contribution in [0.4, 0.5) is 0 Å². The van der Waals surface area contributed by atoms with Gasteiger partial charge in [-0.15, -0.1) is 11.3 Å². The molecule has 2 heterocycles. The number of hydrogen-bond donors (Lipinski definition) is 0. The number of carbonyl (C=O) groups excluding carboxylic acids is 2. The van der Waals surface area contributed by atoms with E-state index in [2.05, 4.69) is 28.1 Å². The molecule has 0 spiro atoms. The summed E-state index contributed by atoms with van der Waals surface area (Å²) in [6.07, 6.45) is 2.59. The summed E-state index contributed by atoms with van der Waals surface area (Å²) in [6.45, 7) is 0.781.